The van der Waals surface area contributed by atoms with Crippen LogP contribution in [0.5, 0.6) is 0 Å². The monoisotopic (exact) mass is 359 g/mol. The third-order valence-electron chi connectivity index (χ3n) is 4.05. The van der Waals surface area contributed by atoms with Crippen LogP contribution in [0.25, 0.3) is 22.5 Å². The van der Waals surface area contributed by atoms with E-state index in [4.69, 9.17) is 5.73 Å². The van der Waals surface area contributed by atoms with E-state index in [2.05, 4.69) is 15.1 Å². The van der Waals surface area contributed by atoms with Crippen molar-refractivity contribution in [2.45, 2.75) is 0 Å². The van der Waals surface area contributed by atoms with Crippen molar-refractivity contribution in [2.24, 2.45) is 0 Å². The molecule has 2 heterocycles. The van der Waals surface area contributed by atoms with Crippen molar-refractivity contribution in [1.29, 1.82) is 0 Å². The highest BCUT2D eigenvalue weighted by atomic mass is 19.1. The Kier molecular flexibility index (Phi) is 4.18. The number of carbonyl (C=O) groups excluding carboxylic acids is 1. The van der Waals surface area contributed by atoms with Crippen LogP contribution in [-0.4, -0.2) is 25.7 Å². The van der Waals surface area contributed by atoms with E-state index in [1.54, 1.807) is 48.8 Å². The lowest BCUT2D eigenvalue weighted by Crippen LogP contribution is -2.16. The number of halogens is 1. The lowest BCUT2D eigenvalue weighted by atomic mass is 10.0. The highest BCUT2D eigenvalue weighted by molar-refractivity contribution is 5.97. The number of hydrogen-bond acceptors (Lipinski definition) is 5. The summed E-state index contributed by atoms with van der Waals surface area (Å²) in [5, 5.41) is 4.14. The molecule has 2 aromatic carbocycles. The highest BCUT2D eigenvalue weighted by Crippen LogP contribution is 2.24. The van der Waals surface area contributed by atoms with Crippen LogP contribution in [0.4, 0.5) is 10.3 Å². The van der Waals surface area contributed by atoms with E-state index in [0.717, 1.165) is 10.2 Å². The molecule has 6 nitrogen and oxygen atoms in total. The molecule has 27 heavy (non-hydrogen) atoms. The Morgan fingerprint density at radius 1 is 1.00 bits per heavy atom. The van der Waals surface area contributed by atoms with Crippen molar-refractivity contribution < 1.29 is 9.18 Å². The number of nitrogens with zero attached hydrogens (tertiary/aromatic N) is 4. The van der Waals surface area contributed by atoms with E-state index < -0.39 is 11.7 Å². The molecule has 0 fully saturated rings. The van der Waals surface area contributed by atoms with Crippen LogP contribution in [0.1, 0.15) is 10.4 Å². The average Bonchev–Trinajstić information content (AvgIpc) is 3.10. The van der Waals surface area contributed by atoms with Gasteiger partial charge in [-0.15, -0.1) is 5.10 Å². The Bertz CT molecular complexity index is 1110. The Morgan fingerprint density at radius 3 is 2.48 bits per heavy atom. The maximum atomic E-state index is 14.5. The quantitative estimate of drug-likeness (QED) is 0.606. The summed E-state index contributed by atoms with van der Waals surface area (Å²) < 4.78 is 15.5. The standard InChI is InChI=1S/C20H14FN5O/c21-17-11-14(8-9-16(17)13-5-2-1-3-6-13)19(27)26-20(22)24-18(25-26)15-7-4-10-23-12-15/h1-12H,(H2,22,24,25). The van der Waals surface area contributed by atoms with Crippen molar-refractivity contribution in [3.63, 3.8) is 0 Å². The molecule has 0 atom stereocenters. The van der Waals surface area contributed by atoms with E-state index in [0.29, 0.717) is 11.1 Å². The third kappa shape index (κ3) is 3.18. The molecule has 0 amide bonds. The first-order valence-electron chi connectivity index (χ1n) is 8.16. The molecule has 0 aliphatic carbocycles. The molecule has 7 heteroatoms. The van der Waals surface area contributed by atoms with Crippen molar-refractivity contribution >= 4 is 11.9 Å². The number of nitrogens with two attached hydrogens (primary N) is 1. The van der Waals surface area contributed by atoms with Gasteiger partial charge in [0.15, 0.2) is 5.82 Å². The molecule has 0 spiro atoms. The Hall–Kier alpha value is -3.87. The third-order valence-corrected chi connectivity index (χ3v) is 4.05. The summed E-state index contributed by atoms with van der Waals surface area (Å²) in [4.78, 5) is 20.8. The summed E-state index contributed by atoms with van der Waals surface area (Å²) in [6.07, 6.45) is 3.18. The minimum Gasteiger partial charge on any atom is -0.368 e. The van der Waals surface area contributed by atoms with Gasteiger partial charge in [-0.3, -0.25) is 9.78 Å². The van der Waals surface area contributed by atoms with E-state index in [1.807, 2.05) is 18.2 Å². The molecule has 0 saturated heterocycles. The van der Waals surface area contributed by atoms with Gasteiger partial charge in [-0.1, -0.05) is 36.4 Å². The van der Waals surface area contributed by atoms with Crippen LogP contribution < -0.4 is 5.73 Å². The number of aromatic nitrogens is 4. The normalized spacial score (nSPS) is 10.7. The summed E-state index contributed by atoms with van der Waals surface area (Å²) in [6.45, 7) is 0. The summed E-state index contributed by atoms with van der Waals surface area (Å²) in [5.41, 5.74) is 7.72. The lowest BCUT2D eigenvalue weighted by molar-refractivity contribution is 0.0947. The second-order valence-corrected chi connectivity index (χ2v) is 5.81. The minimum absolute atomic E-state index is 0.0774. The van der Waals surface area contributed by atoms with Crippen molar-refractivity contribution in [2.75, 3.05) is 5.73 Å². The zero-order valence-corrected chi connectivity index (χ0v) is 14.1. The molecule has 4 rings (SSSR count). The molecule has 4 aromatic rings. The van der Waals surface area contributed by atoms with E-state index in [-0.39, 0.29) is 17.3 Å². The summed E-state index contributed by atoms with van der Waals surface area (Å²) in [7, 11) is 0. The van der Waals surface area contributed by atoms with Gasteiger partial charge < -0.3 is 5.73 Å². The van der Waals surface area contributed by atoms with Crippen LogP contribution in [0.3, 0.4) is 0 Å². The fourth-order valence-corrected chi connectivity index (χ4v) is 2.71. The molecule has 0 bridgehead atoms. The van der Waals surface area contributed by atoms with Crippen LogP contribution in [0.15, 0.2) is 73.1 Å². The second kappa shape index (κ2) is 6.80. The number of anilines is 1. The van der Waals surface area contributed by atoms with Gasteiger partial charge >= 0.3 is 0 Å². The van der Waals surface area contributed by atoms with Gasteiger partial charge in [-0.2, -0.15) is 9.67 Å². The summed E-state index contributed by atoms with van der Waals surface area (Å²) >= 11 is 0. The van der Waals surface area contributed by atoms with Crippen molar-refractivity contribution in [3.8, 4) is 22.5 Å². The van der Waals surface area contributed by atoms with Gasteiger partial charge in [-0.25, -0.2) is 4.39 Å². The maximum Gasteiger partial charge on any atom is 0.281 e. The molecule has 0 aliphatic rings. The van der Waals surface area contributed by atoms with E-state index >= 15 is 0 Å². The number of nitrogen functional groups attached to an aromatic ring is 1. The molecule has 2 aromatic heterocycles. The second-order valence-electron chi connectivity index (χ2n) is 5.81. The summed E-state index contributed by atoms with van der Waals surface area (Å²) in [5.74, 6) is -0.867. The number of rotatable bonds is 3. The summed E-state index contributed by atoms with van der Waals surface area (Å²) in [6, 6.07) is 16.9. The predicted molar refractivity (Wildman–Crippen MR) is 99.2 cm³/mol. The van der Waals surface area contributed by atoms with Gasteiger partial charge in [0.1, 0.15) is 5.82 Å². The van der Waals surface area contributed by atoms with Crippen molar-refractivity contribution in [3.05, 3.63) is 84.4 Å². The first kappa shape index (κ1) is 16.6. The van der Waals surface area contributed by atoms with Crippen LogP contribution in [0, 0.1) is 5.82 Å². The zero-order valence-electron chi connectivity index (χ0n) is 14.1. The van der Waals surface area contributed by atoms with Gasteiger partial charge in [-0.05, 0) is 29.8 Å². The van der Waals surface area contributed by atoms with Crippen LogP contribution >= 0.6 is 0 Å². The fourth-order valence-electron chi connectivity index (χ4n) is 2.71. The SMILES string of the molecule is Nc1nc(-c2cccnc2)nn1C(=O)c1ccc(-c2ccccc2)c(F)c1. The first-order chi connectivity index (χ1) is 13.1. The molecule has 0 aliphatic heterocycles. The number of pyridine rings is 1. The number of carbonyl (C=O) groups is 1. The van der Waals surface area contributed by atoms with Gasteiger partial charge in [0.2, 0.25) is 5.95 Å². The van der Waals surface area contributed by atoms with Crippen molar-refractivity contribution in [1.82, 2.24) is 19.7 Å². The van der Waals surface area contributed by atoms with Crippen LogP contribution in [0.2, 0.25) is 0 Å². The molecule has 2 N–H and O–H groups in total. The molecular weight excluding hydrogens is 345 g/mol. The van der Waals surface area contributed by atoms with Gasteiger partial charge in [0, 0.05) is 29.1 Å². The predicted octanol–water partition coefficient (Wildman–Crippen LogP) is 3.42. The smallest absolute Gasteiger partial charge is 0.281 e. The van der Waals surface area contributed by atoms with Gasteiger partial charge in [0.25, 0.3) is 5.91 Å². The molecule has 0 saturated carbocycles. The minimum atomic E-state index is -0.561. The van der Waals surface area contributed by atoms with E-state index in [1.165, 1.54) is 6.07 Å². The molecule has 0 unspecified atom stereocenters. The van der Waals surface area contributed by atoms with Crippen LogP contribution in [-0.2, 0) is 0 Å². The Labute approximate surface area is 154 Å². The average molecular weight is 359 g/mol. The Balaban J connectivity index is 1.68. The first-order valence-corrected chi connectivity index (χ1v) is 8.16. The topological polar surface area (TPSA) is 86.7 Å². The fraction of sp³-hybridized carbons (Fsp3) is 0. The molecule has 0 radical (unpaired) electrons. The lowest BCUT2D eigenvalue weighted by Gasteiger charge is -2.06. The molecular formula is C20H14FN5O. The largest absolute Gasteiger partial charge is 0.368 e. The van der Waals surface area contributed by atoms with E-state index in [9.17, 15) is 9.18 Å². The van der Waals surface area contributed by atoms with Gasteiger partial charge in [0.05, 0.1) is 0 Å². The Morgan fingerprint density at radius 2 is 1.78 bits per heavy atom. The zero-order chi connectivity index (χ0) is 18.8. The highest BCUT2D eigenvalue weighted by Gasteiger charge is 2.18. The maximum absolute atomic E-state index is 14.5. The molecule has 132 valence electrons. The number of hydrogen-bond donors (Lipinski definition) is 1. The number of benzene rings is 2.